The molecule has 1 fully saturated rings. The van der Waals surface area contributed by atoms with Gasteiger partial charge >= 0.3 is 0 Å². The van der Waals surface area contributed by atoms with E-state index in [-0.39, 0.29) is 0 Å². The topological polar surface area (TPSA) is 33.7 Å². The van der Waals surface area contributed by atoms with E-state index in [1.54, 1.807) is 0 Å². The Morgan fingerprint density at radius 3 is 3.14 bits per heavy atom. The first kappa shape index (κ1) is 15.1. The molecule has 1 aromatic rings. The van der Waals surface area contributed by atoms with Crippen molar-refractivity contribution in [1.82, 2.24) is 10.2 Å². The molecule has 0 bridgehead atoms. The maximum absolute atomic E-state index is 6.24. The first-order chi connectivity index (χ1) is 10.2. The molecule has 2 aliphatic rings. The Hall–Kier alpha value is -0.810. The fourth-order valence-corrected chi connectivity index (χ4v) is 3.48. The van der Waals surface area contributed by atoms with Crippen LogP contribution in [-0.2, 0) is 17.9 Å². The fraction of sp³-hybridized carbons (Fsp3) is 0.625. The van der Waals surface area contributed by atoms with E-state index >= 15 is 0 Å². The average molecular weight is 311 g/mol. The second kappa shape index (κ2) is 6.97. The van der Waals surface area contributed by atoms with Crippen LogP contribution in [0.4, 0.5) is 0 Å². The number of hydrogen-bond acceptors (Lipinski definition) is 4. The highest BCUT2D eigenvalue weighted by Crippen LogP contribution is 2.32. The third kappa shape index (κ3) is 3.69. The van der Waals surface area contributed by atoms with Crippen LogP contribution in [0, 0.1) is 0 Å². The Bertz CT molecular complexity index is 487. The molecule has 4 nitrogen and oxygen atoms in total. The normalized spacial score (nSPS) is 22.5. The fourth-order valence-electron chi connectivity index (χ4n) is 3.21. The number of ether oxygens (including phenoxy) is 2. The highest BCUT2D eigenvalue weighted by atomic mass is 35.5. The Balaban J connectivity index is 1.75. The van der Waals surface area contributed by atoms with Crippen LogP contribution < -0.4 is 10.1 Å². The van der Waals surface area contributed by atoms with E-state index in [1.165, 1.54) is 24.8 Å². The lowest BCUT2D eigenvalue weighted by Gasteiger charge is -2.29. The standard InChI is InChI=1S/C16H23ClN2O2/c1-19(15-3-2-5-18-6-4-15)9-12-7-14(17)8-13-10-20-11-21-16(12)13/h7-8,15,18H,2-6,9-11H2,1H3. The summed E-state index contributed by atoms with van der Waals surface area (Å²) < 4.78 is 11.0. The van der Waals surface area contributed by atoms with Gasteiger partial charge in [0, 0.05) is 28.7 Å². The number of rotatable bonds is 3. The van der Waals surface area contributed by atoms with Crippen LogP contribution in [-0.4, -0.2) is 37.9 Å². The molecule has 0 radical (unpaired) electrons. The van der Waals surface area contributed by atoms with Crippen LogP contribution in [0.5, 0.6) is 5.75 Å². The molecule has 3 rings (SSSR count). The van der Waals surface area contributed by atoms with Gasteiger partial charge in [0.2, 0.25) is 0 Å². The van der Waals surface area contributed by atoms with Crippen LogP contribution in [0.15, 0.2) is 12.1 Å². The SMILES string of the molecule is CN(Cc1cc(Cl)cc2c1OCOC2)C1CCCNCC1. The van der Waals surface area contributed by atoms with Gasteiger partial charge in [0.25, 0.3) is 0 Å². The number of benzene rings is 1. The van der Waals surface area contributed by atoms with E-state index in [2.05, 4.69) is 17.3 Å². The average Bonchev–Trinajstić information content (AvgIpc) is 2.76. The zero-order chi connectivity index (χ0) is 14.7. The molecule has 116 valence electrons. The van der Waals surface area contributed by atoms with Gasteiger partial charge in [-0.2, -0.15) is 0 Å². The van der Waals surface area contributed by atoms with E-state index in [0.29, 0.717) is 19.4 Å². The Morgan fingerprint density at radius 1 is 1.33 bits per heavy atom. The van der Waals surface area contributed by atoms with Crippen molar-refractivity contribution in [2.75, 3.05) is 26.9 Å². The summed E-state index contributed by atoms with van der Waals surface area (Å²) in [6, 6.07) is 4.58. The van der Waals surface area contributed by atoms with Crippen molar-refractivity contribution < 1.29 is 9.47 Å². The summed E-state index contributed by atoms with van der Waals surface area (Å²) in [6.07, 6.45) is 3.69. The maximum Gasteiger partial charge on any atom is 0.189 e. The Kier molecular flexibility index (Phi) is 5.01. The monoisotopic (exact) mass is 310 g/mol. The molecule has 0 spiro atoms. The summed E-state index contributed by atoms with van der Waals surface area (Å²) in [5.41, 5.74) is 2.22. The molecule has 2 aliphatic heterocycles. The zero-order valence-electron chi connectivity index (χ0n) is 12.5. The van der Waals surface area contributed by atoms with Gasteiger partial charge in [0.15, 0.2) is 6.79 Å². The molecule has 0 aromatic heterocycles. The van der Waals surface area contributed by atoms with Gasteiger partial charge in [-0.3, -0.25) is 4.90 Å². The van der Waals surface area contributed by atoms with Crippen molar-refractivity contribution >= 4 is 11.6 Å². The van der Waals surface area contributed by atoms with Crippen molar-refractivity contribution in [3.8, 4) is 5.75 Å². The molecule has 0 aliphatic carbocycles. The maximum atomic E-state index is 6.24. The number of halogens is 1. The zero-order valence-corrected chi connectivity index (χ0v) is 13.3. The number of fused-ring (bicyclic) bond motifs is 1. The van der Waals surface area contributed by atoms with Gasteiger partial charge in [-0.15, -0.1) is 0 Å². The summed E-state index contributed by atoms with van der Waals surface area (Å²) in [5.74, 6) is 0.962. The summed E-state index contributed by atoms with van der Waals surface area (Å²) in [5, 5.41) is 4.22. The third-order valence-corrected chi connectivity index (χ3v) is 4.56. The first-order valence-electron chi connectivity index (χ1n) is 7.67. The molecule has 0 saturated carbocycles. The minimum absolute atomic E-state index is 0.332. The number of nitrogens with zero attached hydrogens (tertiary/aromatic N) is 1. The van der Waals surface area contributed by atoms with Crippen molar-refractivity contribution in [1.29, 1.82) is 0 Å². The molecule has 2 heterocycles. The molecule has 1 saturated heterocycles. The molecule has 1 N–H and O–H groups in total. The number of hydrogen-bond donors (Lipinski definition) is 1. The van der Waals surface area contributed by atoms with E-state index in [0.717, 1.165) is 36.0 Å². The van der Waals surface area contributed by atoms with E-state index < -0.39 is 0 Å². The molecule has 21 heavy (non-hydrogen) atoms. The molecule has 1 aromatic carbocycles. The second-order valence-corrected chi connectivity index (χ2v) is 6.35. The minimum atomic E-state index is 0.332. The van der Waals surface area contributed by atoms with E-state index in [1.807, 2.05) is 12.1 Å². The smallest absolute Gasteiger partial charge is 0.189 e. The predicted octanol–water partition coefficient (Wildman–Crippen LogP) is 2.78. The predicted molar refractivity (Wildman–Crippen MR) is 83.7 cm³/mol. The summed E-state index contributed by atoms with van der Waals surface area (Å²) in [4.78, 5) is 2.43. The van der Waals surface area contributed by atoms with Gasteiger partial charge in [-0.25, -0.2) is 0 Å². The molecule has 0 amide bonds. The van der Waals surface area contributed by atoms with Crippen LogP contribution in [0.2, 0.25) is 5.02 Å². The van der Waals surface area contributed by atoms with Gasteiger partial charge in [-0.05, 0) is 51.5 Å². The quantitative estimate of drug-likeness (QED) is 0.931. The van der Waals surface area contributed by atoms with Crippen LogP contribution in [0.3, 0.4) is 0 Å². The Labute approximate surface area is 131 Å². The van der Waals surface area contributed by atoms with Gasteiger partial charge in [0.05, 0.1) is 6.61 Å². The van der Waals surface area contributed by atoms with Crippen LogP contribution >= 0.6 is 11.6 Å². The molecule has 1 atom stereocenters. The van der Waals surface area contributed by atoms with Crippen LogP contribution in [0.25, 0.3) is 0 Å². The van der Waals surface area contributed by atoms with Crippen molar-refractivity contribution in [3.05, 3.63) is 28.3 Å². The lowest BCUT2D eigenvalue weighted by molar-refractivity contribution is -0.0175. The molecule has 5 heteroatoms. The summed E-state index contributed by atoms with van der Waals surface area (Å²) in [6.45, 7) is 4.02. The summed E-state index contributed by atoms with van der Waals surface area (Å²) >= 11 is 6.24. The lowest BCUT2D eigenvalue weighted by atomic mass is 10.0. The van der Waals surface area contributed by atoms with E-state index in [9.17, 15) is 0 Å². The summed E-state index contributed by atoms with van der Waals surface area (Å²) in [7, 11) is 2.20. The minimum Gasteiger partial charge on any atom is -0.467 e. The highest BCUT2D eigenvalue weighted by molar-refractivity contribution is 6.30. The van der Waals surface area contributed by atoms with Gasteiger partial charge in [0.1, 0.15) is 5.75 Å². The van der Waals surface area contributed by atoms with Crippen molar-refractivity contribution in [2.45, 2.75) is 38.5 Å². The van der Waals surface area contributed by atoms with Gasteiger partial charge < -0.3 is 14.8 Å². The number of nitrogens with one attached hydrogen (secondary N) is 1. The molecular weight excluding hydrogens is 288 g/mol. The van der Waals surface area contributed by atoms with Crippen molar-refractivity contribution in [2.24, 2.45) is 0 Å². The first-order valence-corrected chi connectivity index (χ1v) is 8.04. The van der Waals surface area contributed by atoms with Crippen molar-refractivity contribution in [3.63, 3.8) is 0 Å². The lowest BCUT2D eigenvalue weighted by Crippen LogP contribution is -2.32. The molecular formula is C16H23ClN2O2. The van der Waals surface area contributed by atoms with Crippen LogP contribution in [0.1, 0.15) is 30.4 Å². The Morgan fingerprint density at radius 2 is 2.24 bits per heavy atom. The third-order valence-electron chi connectivity index (χ3n) is 4.34. The highest BCUT2D eigenvalue weighted by Gasteiger charge is 2.21. The van der Waals surface area contributed by atoms with Gasteiger partial charge in [-0.1, -0.05) is 11.6 Å². The molecule has 1 unspecified atom stereocenters. The largest absolute Gasteiger partial charge is 0.467 e. The second-order valence-electron chi connectivity index (χ2n) is 5.91. The van der Waals surface area contributed by atoms with E-state index in [4.69, 9.17) is 21.1 Å².